The molecule has 4 aromatic rings. The molecular weight excluding hydrogens is 577 g/mol. The molecule has 228 valence electrons. The van der Waals surface area contributed by atoms with Gasteiger partial charge >= 0.3 is 6.18 Å². The van der Waals surface area contributed by atoms with Crippen LogP contribution in [0.4, 0.5) is 19.0 Å². The van der Waals surface area contributed by atoms with E-state index in [9.17, 15) is 23.4 Å². The number of aryl methyl sites for hydroxylation is 1. The summed E-state index contributed by atoms with van der Waals surface area (Å²) in [7, 11) is 1.49. The van der Waals surface area contributed by atoms with Crippen LogP contribution in [0.3, 0.4) is 0 Å². The van der Waals surface area contributed by atoms with Crippen LogP contribution in [0, 0.1) is 5.92 Å². The topological polar surface area (TPSA) is 151 Å². The van der Waals surface area contributed by atoms with E-state index in [2.05, 4.69) is 43.7 Å². The maximum absolute atomic E-state index is 13.2. The number of H-pyrrole nitrogens is 1. The Balaban J connectivity index is 1.18. The molecule has 42 heavy (non-hydrogen) atoms. The molecule has 5 rings (SSSR count). The highest BCUT2D eigenvalue weighted by Crippen LogP contribution is 2.38. The highest BCUT2D eigenvalue weighted by atomic mass is 35.5. The Morgan fingerprint density at radius 2 is 1.95 bits per heavy atom. The SMILES string of the molecule is CO[C@H](CN(C(C)C)[C@H]1C[C@@H](CCc2nc3cc(Cl)c(C(F)(F)F)cc3[nH]2)C1)[C@@H](O)[C@@H](O)n1cnc2c(N)ncnc21. The molecule has 1 aliphatic carbocycles. The summed E-state index contributed by atoms with van der Waals surface area (Å²) < 4.78 is 46.6. The van der Waals surface area contributed by atoms with Gasteiger partial charge in [0, 0.05) is 32.2 Å². The molecule has 0 saturated heterocycles. The van der Waals surface area contributed by atoms with Crippen molar-refractivity contribution in [3.63, 3.8) is 0 Å². The number of fused-ring (bicyclic) bond motifs is 2. The smallest absolute Gasteiger partial charge is 0.386 e. The fourth-order valence-corrected chi connectivity index (χ4v) is 5.96. The second kappa shape index (κ2) is 11.9. The lowest BCUT2D eigenvalue weighted by Gasteiger charge is -2.46. The Morgan fingerprint density at radius 1 is 1.21 bits per heavy atom. The van der Waals surface area contributed by atoms with E-state index in [1.807, 2.05) is 0 Å². The summed E-state index contributed by atoms with van der Waals surface area (Å²) in [4.78, 5) is 21.9. The first-order valence-electron chi connectivity index (χ1n) is 13.7. The van der Waals surface area contributed by atoms with E-state index in [4.69, 9.17) is 22.1 Å². The third-order valence-electron chi connectivity index (χ3n) is 8.11. The molecule has 3 atom stereocenters. The monoisotopic (exact) mass is 610 g/mol. The highest BCUT2D eigenvalue weighted by Gasteiger charge is 2.38. The van der Waals surface area contributed by atoms with Crippen LogP contribution in [0.2, 0.25) is 5.02 Å². The number of nitrogen functional groups attached to an aromatic ring is 1. The second-order valence-corrected chi connectivity index (χ2v) is 11.5. The van der Waals surface area contributed by atoms with Gasteiger partial charge in [0.05, 0.1) is 27.9 Å². The molecular formula is C27H34ClF3N8O3. The number of ether oxygens (including phenoxy) is 1. The molecule has 0 bridgehead atoms. The summed E-state index contributed by atoms with van der Waals surface area (Å²) in [6.07, 6.45) is -2.00. The number of benzene rings is 1. The van der Waals surface area contributed by atoms with Gasteiger partial charge in [0.2, 0.25) is 0 Å². The van der Waals surface area contributed by atoms with Gasteiger partial charge in [-0.3, -0.25) is 9.47 Å². The Bertz CT molecular complexity index is 1540. The van der Waals surface area contributed by atoms with Crippen molar-refractivity contribution in [2.24, 2.45) is 5.92 Å². The summed E-state index contributed by atoms with van der Waals surface area (Å²) in [6.45, 7) is 4.53. The summed E-state index contributed by atoms with van der Waals surface area (Å²) >= 11 is 5.83. The first-order valence-corrected chi connectivity index (χ1v) is 14.1. The minimum Gasteiger partial charge on any atom is -0.386 e. The third-order valence-corrected chi connectivity index (χ3v) is 8.42. The number of hydrogen-bond donors (Lipinski definition) is 4. The number of rotatable bonds is 11. The Kier molecular flexibility index (Phi) is 8.63. The number of alkyl halides is 3. The summed E-state index contributed by atoms with van der Waals surface area (Å²) in [5, 5.41) is 21.7. The van der Waals surface area contributed by atoms with Gasteiger partial charge in [-0.05, 0) is 51.2 Å². The predicted octanol–water partition coefficient (Wildman–Crippen LogP) is 3.95. The Hall–Kier alpha value is -3.04. The molecule has 1 fully saturated rings. The quantitative estimate of drug-likeness (QED) is 0.198. The average Bonchev–Trinajstić information content (AvgIpc) is 3.51. The van der Waals surface area contributed by atoms with Crippen LogP contribution in [-0.4, -0.2) is 82.5 Å². The van der Waals surface area contributed by atoms with E-state index in [1.54, 1.807) is 0 Å². The fraction of sp³-hybridized carbons (Fsp3) is 0.556. The highest BCUT2D eigenvalue weighted by molar-refractivity contribution is 6.32. The van der Waals surface area contributed by atoms with Gasteiger partial charge in [0.15, 0.2) is 17.7 Å². The first kappa shape index (κ1) is 30.4. The standard InChI is InChI=1S/C27H34ClF3N8O3/c1-13(2)38(10-20(42-3)23(40)26(41)39-12-35-22-24(32)33-11-34-25(22)39)15-6-14(7-15)4-5-21-36-18-8-16(27(29,30)31)17(28)9-19(18)37-21/h8-9,11-15,20,23,26,40-41H,4-7,10H2,1-3H3,(H,36,37)(H2,32,33,34)/t14-,15+,20-,23-,26-/m1/s1. The molecule has 3 aromatic heterocycles. The van der Waals surface area contributed by atoms with Crippen LogP contribution < -0.4 is 5.73 Å². The van der Waals surface area contributed by atoms with E-state index in [-0.39, 0.29) is 22.9 Å². The molecule has 15 heteroatoms. The Morgan fingerprint density at radius 3 is 2.62 bits per heavy atom. The number of halogens is 4. The van der Waals surface area contributed by atoms with Crippen molar-refractivity contribution in [1.29, 1.82) is 0 Å². The number of aliphatic hydroxyl groups excluding tert-OH is 2. The second-order valence-electron chi connectivity index (χ2n) is 11.1. The van der Waals surface area contributed by atoms with Crippen LogP contribution in [0.15, 0.2) is 24.8 Å². The molecule has 3 heterocycles. The van der Waals surface area contributed by atoms with E-state index in [0.29, 0.717) is 46.9 Å². The maximum atomic E-state index is 13.2. The van der Waals surface area contributed by atoms with Gasteiger partial charge in [0.1, 0.15) is 29.9 Å². The van der Waals surface area contributed by atoms with E-state index >= 15 is 0 Å². The van der Waals surface area contributed by atoms with E-state index in [0.717, 1.165) is 25.3 Å². The van der Waals surface area contributed by atoms with Gasteiger partial charge in [-0.1, -0.05) is 11.6 Å². The average molecular weight is 611 g/mol. The number of anilines is 1. The van der Waals surface area contributed by atoms with Gasteiger partial charge in [-0.25, -0.2) is 19.9 Å². The fourth-order valence-electron chi connectivity index (χ4n) is 5.70. The van der Waals surface area contributed by atoms with Crippen molar-refractivity contribution in [2.75, 3.05) is 19.4 Å². The number of nitrogens with two attached hydrogens (primary N) is 1. The maximum Gasteiger partial charge on any atom is 0.417 e. The number of methoxy groups -OCH3 is 1. The molecule has 0 radical (unpaired) electrons. The van der Waals surface area contributed by atoms with E-state index < -0.39 is 30.2 Å². The van der Waals surface area contributed by atoms with Crippen molar-refractivity contribution in [3.05, 3.63) is 41.2 Å². The van der Waals surface area contributed by atoms with Gasteiger partial charge in [-0.2, -0.15) is 13.2 Å². The molecule has 1 aromatic carbocycles. The molecule has 0 unspecified atom stereocenters. The third kappa shape index (κ3) is 6.04. The van der Waals surface area contributed by atoms with Crippen LogP contribution in [0.1, 0.15) is 50.7 Å². The van der Waals surface area contributed by atoms with Crippen molar-refractivity contribution in [1.82, 2.24) is 34.4 Å². The van der Waals surface area contributed by atoms with Crippen molar-refractivity contribution in [3.8, 4) is 0 Å². The van der Waals surface area contributed by atoms with Crippen LogP contribution >= 0.6 is 11.6 Å². The molecule has 0 aliphatic heterocycles. The zero-order valence-corrected chi connectivity index (χ0v) is 24.1. The lowest BCUT2D eigenvalue weighted by Crippen LogP contribution is -2.53. The summed E-state index contributed by atoms with van der Waals surface area (Å²) in [5.74, 6) is 1.22. The van der Waals surface area contributed by atoms with Gasteiger partial charge in [0.25, 0.3) is 0 Å². The van der Waals surface area contributed by atoms with Gasteiger partial charge in [-0.15, -0.1) is 0 Å². The van der Waals surface area contributed by atoms with Crippen LogP contribution in [0.25, 0.3) is 22.2 Å². The largest absolute Gasteiger partial charge is 0.417 e. The lowest BCUT2D eigenvalue weighted by atomic mass is 9.76. The number of imidazole rings is 2. The first-order chi connectivity index (χ1) is 19.9. The van der Waals surface area contributed by atoms with Gasteiger partial charge < -0.3 is 25.7 Å². The molecule has 1 saturated carbocycles. The van der Waals surface area contributed by atoms with Crippen molar-refractivity contribution in [2.45, 2.75) is 76.2 Å². The normalized spacial score (nSPS) is 20.0. The zero-order valence-electron chi connectivity index (χ0n) is 23.4. The molecule has 5 N–H and O–H groups in total. The minimum atomic E-state index is -4.53. The van der Waals surface area contributed by atoms with Crippen LogP contribution in [0.5, 0.6) is 0 Å². The number of hydrogen-bond acceptors (Lipinski definition) is 9. The lowest BCUT2D eigenvalue weighted by molar-refractivity contribution is -0.137. The number of aromatic nitrogens is 6. The Labute approximate surface area is 244 Å². The zero-order chi connectivity index (χ0) is 30.3. The molecule has 0 spiro atoms. The molecule has 1 aliphatic rings. The minimum absolute atomic E-state index is 0.155. The van der Waals surface area contributed by atoms with Crippen LogP contribution in [-0.2, 0) is 17.3 Å². The van der Waals surface area contributed by atoms with E-state index in [1.165, 1.54) is 30.4 Å². The number of aliphatic hydroxyl groups is 2. The number of nitrogens with zero attached hydrogens (tertiary/aromatic N) is 6. The summed E-state index contributed by atoms with van der Waals surface area (Å²) in [5.41, 5.74) is 6.32. The predicted molar refractivity (Wildman–Crippen MR) is 151 cm³/mol. The van der Waals surface area contributed by atoms with Crippen molar-refractivity contribution < 1.29 is 28.1 Å². The summed E-state index contributed by atoms with van der Waals surface area (Å²) in [6, 6.07) is 2.66. The molecule has 11 nitrogen and oxygen atoms in total. The number of aromatic amines is 1. The number of nitrogens with one attached hydrogen (secondary N) is 1. The van der Waals surface area contributed by atoms with Crippen molar-refractivity contribution >= 4 is 39.6 Å². The molecule has 0 amide bonds.